The third kappa shape index (κ3) is 3.15. The molecular formula is C15H28N2O3. The van der Waals surface area contributed by atoms with Crippen LogP contribution in [0.3, 0.4) is 0 Å². The molecule has 0 aromatic carbocycles. The van der Waals surface area contributed by atoms with Gasteiger partial charge in [0.05, 0.1) is 20.3 Å². The second kappa shape index (κ2) is 6.41. The molecule has 1 N–H and O–H groups in total. The van der Waals surface area contributed by atoms with Crippen LogP contribution in [-0.2, 0) is 14.3 Å². The molecule has 1 aliphatic carbocycles. The largest absolute Gasteiger partial charge is 0.468 e. The number of rotatable bonds is 4. The number of hydrogen-bond donors (Lipinski definition) is 1. The molecule has 0 aromatic rings. The van der Waals surface area contributed by atoms with Gasteiger partial charge in [-0.2, -0.15) is 0 Å². The van der Waals surface area contributed by atoms with E-state index in [4.69, 9.17) is 9.47 Å². The molecule has 0 aromatic heterocycles. The fourth-order valence-electron chi connectivity index (χ4n) is 3.71. The van der Waals surface area contributed by atoms with E-state index in [9.17, 15) is 4.79 Å². The molecule has 1 heterocycles. The van der Waals surface area contributed by atoms with Crippen molar-refractivity contribution in [3.8, 4) is 0 Å². The Labute approximate surface area is 122 Å². The zero-order chi connectivity index (χ0) is 14.8. The van der Waals surface area contributed by atoms with E-state index in [1.165, 1.54) is 7.11 Å². The van der Waals surface area contributed by atoms with Crippen molar-refractivity contribution < 1.29 is 14.3 Å². The van der Waals surface area contributed by atoms with Gasteiger partial charge in [0.15, 0.2) is 0 Å². The van der Waals surface area contributed by atoms with E-state index in [1.54, 1.807) is 0 Å². The number of nitrogens with one attached hydrogen (secondary N) is 1. The SMILES string of the molecule is COC(=O)C1(NC(C)C)CCC(N2CCOCC2C)C1. The first kappa shape index (κ1) is 15.7. The lowest BCUT2D eigenvalue weighted by Gasteiger charge is -2.39. The van der Waals surface area contributed by atoms with E-state index in [0.29, 0.717) is 12.1 Å². The van der Waals surface area contributed by atoms with E-state index < -0.39 is 5.54 Å². The van der Waals surface area contributed by atoms with Crippen LogP contribution in [0, 0.1) is 0 Å². The van der Waals surface area contributed by atoms with Gasteiger partial charge in [0.2, 0.25) is 0 Å². The lowest BCUT2D eigenvalue weighted by Crippen LogP contribution is -2.55. The minimum Gasteiger partial charge on any atom is -0.468 e. The average molecular weight is 284 g/mol. The van der Waals surface area contributed by atoms with E-state index in [0.717, 1.165) is 39.0 Å². The molecule has 0 spiro atoms. The van der Waals surface area contributed by atoms with Crippen LogP contribution < -0.4 is 5.32 Å². The van der Waals surface area contributed by atoms with Crippen molar-refractivity contribution >= 4 is 5.97 Å². The van der Waals surface area contributed by atoms with Crippen LogP contribution in [-0.4, -0.2) is 61.4 Å². The van der Waals surface area contributed by atoms with Crippen molar-refractivity contribution in [2.24, 2.45) is 0 Å². The minimum absolute atomic E-state index is 0.116. The van der Waals surface area contributed by atoms with Gasteiger partial charge in [-0.05, 0) is 40.0 Å². The lowest BCUT2D eigenvalue weighted by atomic mass is 9.95. The smallest absolute Gasteiger partial charge is 0.326 e. The Morgan fingerprint density at radius 3 is 2.85 bits per heavy atom. The molecule has 20 heavy (non-hydrogen) atoms. The molecule has 5 nitrogen and oxygen atoms in total. The third-order valence-corrected chi connectivity index (χ3v) is 4.52. The number of methoxy groups -OCH3 is 1. The van der Waals surface area contributed by atoms with Crippen molar-refractivity contribution in [2.75, 3.05) is 26.9 Å². The van der Waals surface area contributed by atoms with Crippen molar-refractivity contribution in [1.82, 2.24) is 10.2 Å². The van der Waals surface area contributed by atoms with E-state index in [2.05, 4.69) is 31.0 Å². The summed E-state index contributed by atoms with van der Waals surface area (Å²) in [5, 5.41) is 3.46. The van der Waals surface area contributed by atoms with Gasteiger partial charge in [-0.1, -0.05) is 0 Å². The van der Waals surface area contributed by atoms with E-state index in [1.807, 2.05) is 0 Å². The number of nitrogens with zero attached hydrogens (tertiary/aromatic N) is 1. The molecule has 3 atom stereocenters. The Kier molecular flexibility index (Phi) is 5.04. The number of hydrogen-bond acceptors (Lipinski definition) is 5. The molecule has 1 saturated heterocycles. The summed E-state index contributed by atoms with van der Waals surface area (Å²) in [7, 11) is 1.48. The summed E-state index contributed by atoms with van der Waals surface area (Å²) in [6, 6.07) is 1.15. The summed E-state index contributed by atoms with van der Waals surface area (Å²) in [4.78, 5) is 14.7. The predicted octanol–water partition coefficient (Wildman–Crippen LogP) is 1.17. The van der Waals surface area contributed by atoms with Gasteiger partial charge in [0, 0.05) is 24.7 Å². The molecular weight excluding hydrogens is 256 g/mol. The summed E-state index contributed by atoms with van der Waals surface area (Å²) in [5.74, 6) is -0.116. The van der Waals surface area contributed by atoms with Crippen LogP contribution in [0.15, 0.2) is 0 Å². The topological polar surface area (TPSA) is 50.8 Å². The normalized spacial score (nSPS) is 35.5. The summed E-state index contributed by atoms with van der Waals surface area (Å²) in [6.45, 7) is 8.91. The second-order valence-electron chi connectivity index (χ2n) is 6.43. The Hall–Kier alpha value is -0.650. The molecule has 2 aliphatic rings. The summed E-state index contributed by atoms with van der Waals surface area (Å²) in [5.41, 5.74) is -0.508. The van der Waals surface area contributed by atoms with Crippen molar-refractivity contribution in [3.05, 3.63) is 0 Å². The molecule has 0 bridgehead atoms. The van der Waals surface area contributed by atoms with Gasteiger partial charge in [-0.3, -0.25) is 15.0 Å². The summed E-state index contributed by atoms with van der Waals surface area (Å²) >= 11 is 0. The van der Waals surface area contributed by atoms with Crippen molar-refractivity contribution in [1.29, 1.82) is 0 Å². The summed E-state index contributed by atoms with van der Waals surface area (Å²) < 4.78 is 10.6. The molecule has 3 unspecified atom stereocenters. The highest BCUT2D eigenvalue weighted by Crippen LogP contribution is 2.36. The molecule has 2 rings (SSSR count). The molecule has 5 heteroatoms. The fraction of sp³-hybridized carbons (Fsp3) is 0.933. The molecule has 116 valence electrons. The van der Waals surface area contributed by atoms with Gasteiger partial charge >= 0.3 is 5.97 Å². The standard InChI is InChI=1S/C15H28N2O3/c1-11(2)16-15(14(18)19-4)6-5-13(9-15)17-7-8-20-10-12(17)3/h11-13,16H,5-10H2,1-4H3. The maximum absolute atomic E-state index is 12.3. The summed E-state index contributed by atoms with van der Waals surface area (Å²) in [6.07, 6.45) is 2.73. The van der Waals surface area contributed by atoms with Gasteiger partial charge in [0.1, 0.15) is 5.54 Å². The highest BCUT2D eigenvalue weighted by Gasteiger charge is 2.48. The first-order valence-electron chi connectivity index (χ1n) is 7.68. The highest BCUT2D eigenvalue weighted by atomic mass is 16.5. The monoisotopic (exact) mass is 284 g/mol. The second-order valence-corrected chi connectivity index (χ2v) is 6.43. The molecule has 0 amide bonds. The molecule has 2 fully saturated rings. The van der Waals surface area contributed by atoms with Crippen LogP contribution in [0.2, 0.25) is 0 Å². The Bertz CT molecular complexity index is 348. The van der Waals surface area contributed by atoms with Gasteiger partial charge in [-0.15, -0.1) is 0 Å². The lowest BCUT2D eigenvalue weighted by molar-refractivity contribution is -0.149. The maximum Gasteiger partial charge on any atom is 0.326 e. The predicted molar refractivity (Wildman–Crippen MR) is 77.6 cm³/mol. The first-order chi connectivity index (χ1) is 9.48. The van der Waals surface area contributed by atoms with Crippen LogP contribution in [0.5, 0.6) is 0 Å². The Morgan fingerprint density at radius 2 is 2.25 bits per heavy atom. The van der Waals surface area contributed by atoms with Crippen LogP contribution in [0.25, 0.3) is 0 Å². The molecule has 0 radical (unpaired) electrons. The number of ether oxygens (including phenoxy) is 2. The van der Waals surface area contributed by atoms with Crippen LogP contribution in [0.1, 0.15) is 40.0 Å². The minimum atomic E-state index is -0.508. The number of esters is 1. The number of carbonyl (C=O) groups excluding carboxylic acids is 1. The zero-order valence-corrected chi connectivity index (χ0v) is 13.1. The number of morpholine rings is 1. The van der Waals surface area contributed by atoms with E-state index >= 15 is 0 Å². The van der Waals surface area contributed by atoms with Gasteiger partial charge in [0.25, 0.3) is 0 Å². The van der Waals surface area contributed by atoms with Gasteiger partial charge < -0.3 is 9.47 Å². The van der Waals surface area contributed by atoms with Crippen molar-refractivity contribution in [3.63, 3.8) is 0 Å². The molecule has 1 saturated carbocycles. The Morgan fingerprint density at radius 1 is 1.50 bits per heavy atom. The van der Waals surface area contributed by atoms with Crippen molar-refractivity contribution in [2.45, 2.75) is 63.7 Å². The first-order valence-corrected chi connectivity index (χ1v) is 7.68. The highest BCUT2D eigenvalue weighted by molar-refractivity contribution is 5.81. The van der Waals surface area contributed by atoms with Gasteiger partial charge in [-0.25, -0.2) is 0 Å². The van der Waals surface area contributed by atoms with E-state index in [-0.39, 0.29) is 12.0 Å². The molecule has 1 aliphatic heterocycles. The fourth-order valence-corrected chi connectivity index (χ4v) is 3.71. The third-order valence-electron chi connectivity index (χ3n) is 4.52. The average Bonchev–Trinajstić information content (AvgIpc) is 2.82. The number of carbonyl (C=O) groups is 1. The quantitative estimate of drug-likeness (QED) is 0.785. The Balaban J connectivity index is 2.08. The maximum atomic E-state index is 12.3. The van der Waals surface area contributed by atoms with Crippen LogP contribution >= 0.6 is 0 Å². The van der Waals surface area contributed by atoms with Crippen LogP contribution in [0.4, 0.5) is 0 Å². The zero-order valence-electron chi connectivity index (χ0n) is 13.1.